The van der Waals surface area contributed by atoms with Crippen LogP contribution in [0.5, 0.6) is 0 Å². The molecule has 1 amide bonds. The second-order valence-corrected chi connectivity index (χ2v) is 6.63. The fourth-order valence-corrected chi connectivity index (χ4v) is 4.11. The molecule has 1 spiro atoms. The first-order valence-electron chi connectivity index (χ1n) is 8.45. The minimum absolute atomic E-state index is 0.214. The Morgan fingerprint density at radius 2 is 2.10 bits per heavy atom. The molecule has 3 aliphatic rings. The molecule has 0 radical (unpaired) electrons. The molecule has 0 aromatic rings. The minimum Gasteiger partial charge on any atom is -0.378 e. The topological polar surface area (TPSA) is 41.6 Å². The molecule has 2 aliphatic heterocycles. The van der Waals surface area contributed by atoms with Crippen LogP contribution in [-0.2, 0) is 9.53 Å². The number of nitrogens with zero attached hydrogens (tertiary/aromatic N) is 1. The van der Waals surface area contributed by atoms with Crippen LogP contribution in [0.4, 0.5) is 0 Å². The Hall–Kier alpha value is -0.610. The number of nitrogens with one attached hydrogen (secondary N) is 1. The van der Waals surface area contributed by atoms with Crippen molar-refractivity contribution in [2.24, 2.45) is 0 Å². The summed E-state index contributed by atoms with van der Waals surface area (Å²) in [5, 5.41) is 3.64. The van der Waals surface area contributed by atoms with E-state index >= 15 is 0 Å². The molecule has 4 nitrogen and oxygen atoms in total. The van der Waals surface area contributed by atoms with Gasteiger partial charge >= 0.3 is 0 Å². The van der Waals surface area contributed by atoms with Gasteiger partial charge in [-0.15, -0.1) is 0 Å². The Morgan fingerprint density at radius 3 is 2.75 bits per heavy atom. The number of rotatable bonds is 4. The highest BCUT2D eigenvalue weighted by atomic mass is 16.5. The molecule has 114 valence electrons. The fraction of sp³-hybridized carbons (Fsp3) is 0.938. The van der Waals surface area contributed by atoms with Gasteiger partial charge in [0.25, 0.3) is 0 Å². The number of carbonyl (C=O) groups is 1. The van der Waals surface area contributed by atoms with Crippen LogP contribution >= 0.6 is 0 Å². The summed E-state index contributed by atoms with van der Waals surface area (Å²) in [7, 11) is 0. The second kappa shape index (κ2) is 6.02. The molecular weight excluding hydrogens is 252 g/mol. The quantitative estimate of drug-likeness (QED) is 0.860. The van der Waals surface area contributed by atoms with E-state index in [1.165, 1.54) is 25.7 Å². The summed E-state index contributed by atoms with van der Waals surface area (Å²) >= 11 is 0. The Balaban J connectivity index is 1.60. The molecule has 0 aromatic carbocycles. The lowest BCUT2D eigenvalue weighted by atomic mass is 9.98. The molecule has 2 unspecified atom stereocenters. The third kappa shape index (κ3) is 2.60. The third-order valence-electron chi connectivity index (χ3n) is 5.30. The van der Waals surface area contributed by atoms with E-state index in [9.17, 15) is 4.79 Å². The van der Waals surface area contributed by atoms with Crippen LogP contribution in [0.3, 0.4) is 0 Å². The van der Waals surface area contributed by atoms with E-state index in [1.54, 1.807) is 0 Å². The first-order valence-corrected chi connectivity index (χ1v) is 8.45. The van der Waals surface area contributed by atoms with Crippen LogP contribution in [0.15, 0.2) is 0 Å². The van der Waals surface area contributed by atoms with Crippen LogP contribution in [0.25, 0.3) is 0 Å². The van der Waals surface area contributed by atoms with Crippen molar-refractivity contribution in [3.05, 3.63) is 0 Å². The van der Waals surface area contributed by atoms with E-state index in [-0.39, 0.29) is 11.7 Å². The van der Waals surface area contributed by atoms with Crippen LogP contribution < -0.4 is 5.32 Å². The van der Waals surface area contributed by atoms with Crippen molar-refractivity contribution < 1.29 is 9.53 Å². The molecule has 3 fully saturated rings. The molecule has 2 atom stereocenters. The molecule has 4 heteroatoms. The van der Waals surface area contributed by atoms with Crippen molar-refractivity contribution in [2.75, 3.05) is 13.2 Å². The molecule has 1 N–H and O–H groups in total. The van der Waals surface area contributed by atoms with Gasteiger partial charge in [0.05, 0.1) is 17.8 Å². The lowest BCUT2D eigenvalue weighted by Crippen LogP contribution is -2.44. The maximum absolute atomic E-state index is 12.8. The van der Waals surface area contributed by atoms with E-state index in [0.717, 1.165) is 45.3 Å². The predicted molar refractivity (Wildman–Crippen MR) is 78.3 cm³/mol. The predicted octanol–water partition coefficient (Wildman–Crippen LogP) is 2.43. The lowest BCUT2D eigenvalue weighted by molar-refractivity contribution is -0.133. The van der Waals surface area contributed by atoms with E-state index < -0.39 is 0 Å². The lowest BCUT2D eigenvalue weighted by Gasteiger charge is -2.28. The molecule has 0 aromatic heterocycles. The maximum Gasteiger partial charge on any atom is 0.244 e. The molecule has 3 rings (SSSR count). The SMILES string of the molecule is CCC1NC2(CCCC2)C(=O)N1CCC1CCCCO1. The van der Waals surface area contributed by atoms with E-state index in [1.807, 2.05) is 0 Å². The highest BCUT2D eigenvalue weighted by molar-refractivity contribution is 5.89. The largest absolute Gasteiger partial charge is 0.378 e. The average molecular weight is 280 g/mol. The van der Waals surface area contributed by atoms with E-state index in [4.69, 9.17) is 4.74 Å². The monoisotopic (exact) mass is 280 g/mol. The third-order valence-corrected chi connectivity index (χ3v) is 5.30. The molecule has 1 aliphatic carbocycles. The molecule has 0 bridgehead atoms. The van der Waals surface area contributed by atoms with E-state index in [0.29, 0.717) is 12.0 Å². The van der Waals surface area contributed by atoms with Crippen molar-refractivity contribution >= 4 is 5.91 Å². The summed E-state index contributed by atoms with van der Waals surface area (Å²) in [4.78, 5) is 14.9. The Labute approximate surface area is 122 Å². The highest BCUT2D eigenvalue weighted by Gasteiger charge is 2.51. The van der Waals surface area contributed by atoms with Gasteiger partial charge in [0.2, 0.25) is 5.91 Å². The number of amides is 1. The van der Waals surface area contributed by atoms with Crippen molar-refractivity contribution in [2.45, 2.75) is 82.5 Å². The van der Waals surface area contributed by atoms with Crippen molar-refractivity contribution in [1.82, 2.24) is 10.2 Å². The number of hydrogen-bond donors (Lipinski definition) is 1. The van der Waals surface area contributed by atoms with Gasteiger partial charge in [0.15, 0.2) is 0 Å². The van der Waals surface area contributed by atoms with Gasteiger partial charge in [-0.25, -0.2) is 0 Å². The van der Waals surface area contributed by atoms with Gasteiger partial charge in [-0.1, -0.05) is 19.8 Å². The van der Waals surface area contributed by atoms with Crippen LogP contribution in [0.1, 0.15) is 64.7 Å². The molecule has 2 saturated heterocycles. The minimum atomic E-state index is -0.214. The summed E-state index contributed by atoms with van der Waals surface area (Å²) in [6.07, 6.45) is 10.7. The van der Waals surface area contributed by atoms with Gasteiger partial charge < -0.3 is 9.64 Å². The molecule has 2 heterocycles. The summed E-state index contributed by atoms with van der Waals surface area (Å²) in [6.45, 7) is 3.93. The van der Waals surface area contributed by atoms with Gasteiger partial charge in [0.1, 0.15) is 0 Å². The first-order chi connectivity index (χ1) is 9.75. The summed E-state index contributed by atoms with van der Waals surface area (Å²) < 4.78 is 5.80. The van der Waals surface area contributed by atoms with Gasteiger partial charge in [-0.05, 0) is 44.9 Å². The zero-order valence-electron chi connectivity index (χ0n) is 12.7. The molecule has 20 heavy (non-hydrogen) atoms. The van der Waals surface area contributed by atoms with Crippen molar-refractivity contribution in [3.8, 4) is 0 Å². The van der Waals surface area contributed by atoms with Crippen LogP contribution in [0.2, 0.25) is 0 Å². The van der Waals surface area contributed by atoms with E-state index in [2.05, 4.69) is 17.1 Å². The first kappa shape index (κ1) is 14.3. The van der Waals surface area contributed by atoms with Gasteiger partial charge in [-0.2, -0.15) is 0 Å². The smallest absolute Gasteiger partial charge is 0.244 e. The second-order valence-electron chi connectivity index (χ2n) is 6.63. The average Bonchev–Trinajstić information content (AvgIpc) is 3.06. The summed E-state index contributed by atoms with van der Waals surface area (Å²) in [5.74, 6) is 0.359. The number of carbonyl (C=O) groups excluding carboxylic acids is 1. The van der Waals surface area contributed by atoms with Crippen LogP contribution in [-0.4, -0.2) is 41.8 Å². The normalized spacial score (nSPS) is 33.2. The van der Waals surface area contributed by atoms with Gasteiger partial charge in [-0.3, -0.25) is 10.1 Å². The fourth-order valence-electron chi connectivity index (χ4n) is 4.11. The molecule has 1 saturated carbocycles. The highest BCUT2D eigenvalue weighted by Crippen LogP contribution is 2.37. The zero-order valence-corrected chi connectivity index (χ0v) is 12.7. The summed E-state index contributed by atoms with van der Waals surface area (Å²) in [5.41, 5.74) is -0.214. The van der Waals surface area contributed by atoms with Gasteiger partial charge in [0, 0.05) is 13.2 Å². The number of hydrogen-bond acceptors (Lipinski definition) is 3. The summed E-state index contributed by atoms with van der Waals surface area (Å²) in [6, 6.07) is 0. The Kier molecular flexibility index (Phi) is 4.32. The van der Waals surface area contributed by atoms with Crippen molar-refractivity contribution in [1.29, 1.82) is 0 Å². The standard InChI is InChI=1S/C16H28N2O2/c1-2-14-17-16(9-4-5-10-16)15(19)18(14)11-8-13-7-3-6-12-20-13/h13-14,17H,2-12H2,1H3. The Bertz CT molecular complexity index is 346. The molecular formula is C16H28N2O2. The number of ether oxygens (including phenoxy) is 1. The maximum atomic E-state index is 12.8. The zero-order chi connectivity index (χ0) is 14.0. The van der Waals surface area contributed by atoms with Crippen molar-refractivity contribution in [3.63, 3.8) is 0 Å². The van der Waals surface area contributed by atoms with Crippen LogP contribution in [0, 0.1) is 0 Å². The Morgan fingerprint density at radius 1 is 1.30 bits per heavy atom.